The smallest absolute Gasteiger partial charge is 0.318 e. The number of fused-ring (bicyclic) bond motifs is 1. The van der Waals surface area contributed by atoms with Gasteiger partial charge in [0.25, 0.3) is 0 Å². The fourth-order valence-corrected chi connectivity index (χ4v) is 2.43. The summed E-state index contributed by atoms with van der Waals surface area (Å²) in [5.41, 5.74) is 5.05. The predicted molar refractivity (Wildman–Crippen MR) is 102 cm³/mol. The molecular weight excluding hydrogens is 352 g/mol. The van der Waals surface area contributed by atoms with Gasteiger partial charge < -0.3 is 5.32 Å². The molecule has 0 aliphatic carbocycles. The molecule has 0 aliphatic rings. The van der Waals surface area contributed by atoms with Crippen molar-refractivity contribution >= 4 is 46.2 Å². The minimum Gasteiger partial charge on any atom is -0.318 e. The Morgan fingerprint density at radius 3 is 2.58 bits per heavy atom. The standard InChI is InChI=1S/C19H15ClN4O2/c1-12-6-8-15(9-7-12)22-18(25)19(26)24-21-11-14-10-13-4-2-3-5-16(13)23-17(14)20/h2-11H,1H3,(H,22,25)(H,24,26)/b21-11+. The van der Waals surface area contributed by atoms with Gasteiger partial charge in [0, 0.05) is 16.6 Å². The second-order valence-electron chi connectivity index (χ2n) is 5.58. The molecule has 3 rings (SSSR count). The second-order valence-corrected chi connectivity index (χ2v) is 5.94. The highest BCUT2D eigenvalue weighted by molar-refractivity contribution is 6.39. The molecule has 0 saturated carbocycles. The molecule has 0 unspecified atom stereocenters. The lowest BCUT2D eigenvalue weighted by atomic mass is 10.2. The van der Waals surface area contributed by atoms with E-state index in [4.69, 9.17) is 11.6 Å². The number of aromatic nitrogens is 1. The predicted octanol–water partition coefficient (Wildman–Crippen LogP) is 3.29. The minimum absolute atomic E-state index is 0.255. The maximum Gasteiger partial charge on any atom is 0.329 e. The number of rotatable bonds is 3. The van der Waals surface area contributed by atoms with Gasteiger partial charge in [-0.25, -0.2) is 10.4 Å². The molecule has 7 heteroatoms. The quantitative estimate of drug-likeness (QED) is 0.323. The lowest BCUT2D eigenvalue weighted by Gasteiger charge is -2.04. The van der Waals surface area contributed by atoms with E-state index in [0.29, 0.717) is 11.3 Å². The molecule has 0 atom stereocenters. The summed E-state index contributed by atoms with van der Waals surface area (Å²) in [5.74, 6) is -1.69. The van der Waals surface area contributed by atoms with Crippen molar-refractivity contribution < 1.29 is 9.59 Å². The summed E-state index contributed by atoms with van der Waals surface area (Å²) in [5, 5.41) is 7.41. The van der Waals surface area contributed by atoms with Gasteiger partial charge in [-0.15, -0.1) is 0 Å². The lowest BCUT2D eigenvalue weighted by molar-refractivity contribution is -0.136. The Labute approximate surface area is 154 Å². The van der Waals surface area contributed by atoms with Crippen LogP contribution in [0, 0.1) is 6.92 Å². The molecule has 1 heterocycles. The zero-order chi connectivity index (χ0) is 18.5. The van der Waals surface area contributed by atoms with E-state index in [9.17, 15) is 9.59 Å². The van der Waals surface area contributed by atoms with Gasteiger partial charge in [-0.2, -0.15) is 5.10 Å². The number of para-hydroxylation sites is 1. The largest absolute Gasteiger partial charge is 0.329 e. The van der Waals surface area contributed by atoms with Crippen molar-refractivity contribution in [3.63, 3.8) is 0 Å². The second kappa shape index (κ2) is 7.76. The monoisotopic (exact) mass is 366 g/mol. The maximum absolute atomic E-state index is 11.8. The Morgan fingerprint density at radius 2 is 1.81 bits per heavy atom. The van der Waals surface area contributed by atoms with Crippen LogP contribution in [0.4, 0.5) is 5.69 Å². The molecule has 0 aliphatic heterocycles. The van der Waals surface area contributed by atoms with Gasteiger partial charge >= 0.3 is 11.8 Å². The maximum atomic E-state index is 11.8. The van der Waals surface area contributed by atoms with Crippen LogP contribution in [0.5, 0.6) is 0 Å². The summed E-state index contributed by atoms with van der Waals surface area (Å²) in [6, 6.07) is 16.4. The number of nitrogens with zero attached hydrogens (tertiary/aromatic N) is 2. The van der Waals surface area contributed by atoms with Crippen LogP contribution in [0.25, 0.3) is 10.9 Å². The normalized spacial score (nSPS) is 10.8. The molecule has 26 heavy (non-hydrogen) atoms. The molecule has 1 aromatic heterocycles. The van der Waals surface area contributed by atoms with E-state index < -0.39 is 11.8 Å². The number of benzene rings is 2. The molecule has 2 amide bonds. The molecule has 3 aromatic rings. The molecule has 0 spiro atoms. The number of carbonyl (C=O) groups excluding carboxylic acids is 2. The van der Waals surface area contributed by atoms with Gasteiger partial charge in [0.1, 0.15) is 5.15 Å². The summed E-state index contributed by atoms with van der Waals surface area (Å²) in [7, 11) is 0. The zero-order valence-electron chi connectivity index (χ0n) is 13.9. The van der Waals surface area contributed by atoms with E-state index in [1.165, 1.54) is 6.21 Å². The van der Waals surface area contributed by atoms with Gasteiger partial charge in [0.2, 0.25) is 0 Å². The fraction of sp³-hybridized carbons (Fsp3) is 0.0526. The highest BCUT2D eigenvalue weighted by Gasteiger charge is 2.12. The fourth-order valence-electron chi connectivity index (χ4n) is 2.24. The number of amides is 2. The summed E-state index contributed by atoms with van der Waals surface area (Å²) in [4.78, 5) is 27.9. The number of pyridine rings is 1. The first-order chi connectivity index (χ1) is 12.5. The van der Waals surface area contributed by atoms with E-state index >= 15 is 0 Å². The summed E-state index contributed by atoms with van der Waals surface area (Å²) >= 11 is 6.11. The van der Waals surface area contributed by atoms with Gasteiger partial charge in [-0.05, 0) is 31.2 Å². The molecule has 2 N–H and O–H groups in total. The molecule has 2 aromatic carbocycles. The third kappa shape index (κ3) is 4.23. The van der Waals surface area contributed by atoms with E-state index in [2.05, 4.69) is 20.8 Å². The van der Waals surface area contributed by atoms with Crippen molar-refractivity contribution in [2.45, 2.75) is 6.92 Å². The number of hydrazone groups is 1. The summed E-state index contributed by atoms with van der Waals surface area (Å²) < 4.78 is 0. The van der Waals surface area contributed by atoms with Gasteiger partial charge in [0.05, 0.1) is 11.7 Å². The van der Waals surface area contributed by atoms with Crippen LogP contribution in [0.15, 0.2) is 59.7 Å². The van der Waals surface area contributed by atoms with Crippen molar-refractivity contribution in [1.29, 1.82) is 0 Å². The molecule has 6 nitrogen and oxygen atoms in total. The first kappa shape index (κ1) is 17.6. The van der Waals surface area contributed by atoms with E-state index in [1.807, 2.05) is 43.3 Å². The third-order valence-corrected chi connectivity index (χ3v) is 3.89. The van der Waals surface area contributed by atoms with Crippen molar-refractivity contribution in [1.82, 2.24) is 10.4 Å². The summed E-state index contributed by atoms with van der Waals surface area (Å²) in [6.07, 6.45) is 1.35. The lowest BCUT2D eigenvalue weighted by Crippen LogP contribution is -2.32. The average molecular weight is 367 g/mol. The van der Waals surface area contributed by atoms with Crippen LogP contribution >= 0.6 is 11.6 Å². The number of anilines is 1. The minimum atomic E-state index is -0.883. The highest BCUT2D eigenvalue weighted by atomic mass is 35.5. The molecule has 0 bridgehead atoms. The Bertz CT molecular complexity index is 1000. The Balaban J connectivity index is 1.64. The number of hydrogen-bond acceptors (Lipinski definition) is 4. The van der Waals surface area contributed by atoms with Gasteiger partial charge in [0.15, 0.2) is 0 Å². The van der Waals surface area contributed by atoms with Crippen LogP contribution in [0.1, 0.15) is 11.1 Å². The molecule has 130 valence electrons. The Morgan fingerprint density at radius 1 is 1.08 bits per heavy atom. The number of carbonyl (C=O) groups is 2. The molecular formula is C19H15ClN4O2. The highest BCUT2D eigenvalue weighted by Crippen LogP contribution is 2.18. The average Bonchev–Trinajstić information content (AvgIpc) is 2.63. The first-order valence-electron chi connectivity index (χ1n) is 7.79. The van der Waals surface area contributed by atoms with Crippen LogP contribution in [-0.4, -0.2) is 23.0 Å². The van der Waals surface area contributed by atoms with Crippen LogP contribution < -0.4 is 10.7 Å². The molecule has 0 radical (unpaired) electrons. The number of halogens is 1. The SMILES string of the molecule is Cc1ccc(NC(=O)C(=O)N/N=C/c2cc3ccccc3nc2Cl)cc1. The van der Waals surface area contributed by atoms with Gasteiger partial charge in [-0.1, -0.05) is 47.5 Å². The third-order valence-electron chi connectivity index (χ3n) is 3.59. The number of nitrogens with one attached hydrogen (secondary N) is 2. The number of aryl methyl sites for hydroxylation is 1. The summed E-state index contributed by atoms with van der Waals surface area (Å²) in [6.45, 7) is 1.93. The topological polar surface area (TPSA) is 83.5 Å². The van der Waals surface area contributed by atoms with Crippen molar-refractivity contribution in [3.05, 3.63) is 70.9 Å². The van der Waals surface area contributed by atoms with Gasteiger partial charge in [-0.3, -0.25) is 9.59 Å². The van der Waals surface area contributed by atoms with Crippen LogP contribution in [0.2, 0.25) is 5.15 Å². The van der Waals surface area contributed by atoms with E-state index in [-0.39, 0.29) is 5.15 Å². The van der Waals surface area contributed by atoms with Crippen molar-refractivity contribution in [2.24, 2.45) is 5.10 Å². The molecule has 0 saturated heterocycles. The van der Waals surface area contributed by atoms with E-state index in [1.54, 1.807) is 18.2 Å². The zero-order valence-corrected chi connectivity index (χ0v) is 14.6. The van der Waals surface area contributed by atoms with Crippen molar-refractivity contribution in [3.8, 4) is 0 Å². The van der Waals surface area contributed by atoms with Crippen molar-refractivity contribution in [2.75, 3.05) is 5.32 Å². The van der Waals surface area contributed by atoms with Crippen LogP contribution in [-0.2, 0) is 9.59 Å². The Kier molecular flexibility index (Phi) is 5.24. The number of hydrogen-bond donors (Lipinski definition) is 2. The first-order valence-corrected chi connectivity index (χ1v) is 8.17. The van der Waals surface area contributed by atoms with E-state index in [0.717, 1.165) is 16.5 Å². The van der Waals surface area contributed by atoms with Crippen LogP contribution in [0.3, 0.4) is 0 Å². The Hall–Kier alpha value is -3.25. The molecule has 0 fully saturated rings.